The van der Waals surface area contributed by atoms with Gasteiger partial charge in [-0.05, 0) is 60.7 Å². The van der Waals surface area contributed by atoms with Crippen molar-refractivity contribution in [2.75, 3.05) is 33.9 Å². The lowest BCUT2D eigenvalue weighted by Crippen LogP contribution is -2.36. The van der Waals surface area contributed by atoms with Crippen LogP contribution in [0.3, 0.4) is 0 Å². The lowest BCUT2D eigenvalue weighted by Gasteiger charge is -2.30. The number of hydrogen-bond donors (Lipinski definition) is 1. The van der Waals surface area contributed by atoms with Crippen molar-refractivity contribution in [2.45, 2.75) is 36.8 Å². The van der Waals surface area contributed by atoms with E-state index in [2.05, 4.69) is 4.72 Å². The first-order chi connectivity index (χ1) is 15.8. The zero-order valence-electron chi connectivity index (χ0n) is 18.6. The van der Waals surface area contributed by atoms with Crippen molar-refractivity contribution in [3.8, 4) is 11.5 Å². The van der Waals surface area contributed by atoms with Crippen LogP contribution in [0.1, 0.15) is 34.3 Å². The summed E-state index contributed by atoms with van der Waals surface area (Å²) in [4.78, 5) is 14.8. The van der Waals surface area contributed by atoms with Crippen LogP contribution >= 0.6 is 11.6 Å². The maximum Gasteiger partial charge on any atom is 0.254 e. The summed E-state index contributed by atoms with van der Waals surface area (Å²) in [5.41, 5.74) is 2.32. The van der Waals surface area contributed by atoms with E-state index < -0.39 is 10.0 Å². The van der Waals surface area contributed by atoms with Crippen LogP contribution in [0.5, 0.6) is 11.5 Å². The molecule has 2 aliphatic rings. The van der Waals surface area contributed by atoms with Gasteiger partial charge >= 0.3 is 0 Å². The number of sulfonamides is 1. The fraction of sp³-hybridized carbons (Fsp3) is 0.435. The maximum absolute atomic E-state index is 13.2. The number of carbonyl (C=O) groups is 1. The van der Waals surface area contributed by atoms with Gasteiger partial charge in [0.05, 0.1) is 25.3 Å². The predicted octanol–water partition coefficient (Wildman–Crippen LogP) is 3.01. The number of methoxy groups -OCH3 is 2. The Morgan fingerprint density at radius 1 is 1.18 bits per heavy atom. The Balaban J connectivity index is 1.53. The summed E-state index contributed by atoms with van der Waals surface area (Å²) in [5, 5.41) is 0.0622. The van der Waals surface area contributed by atoms with E-state index in [1.165, 1.54) is 12.1 Å². The molecule has 4 rings (SSSR count). The highest BCUT2D eigenvalue weighted by atomic mass is 35.5. The molecular formula is C23H27ClN2O6S. The van der Waals surface area contributed by atoms with E-state index in [0.29, 0.717) is 37.6 Å². The molecule has 2 aromatic rings. The summed E-state index contributed by atoms with van der Waals surface area (Å²) in [7, 11) is -0.738. The fourth-order valence-electron chi connectivity index (χ4n) is 4.17. The third-order valence-electron chi connectivity index (χ3n) is 6.00. The molecule has 2 aromatic carbocycles. The molecule has 1 atom stereocenters. The normalized spacial score (nSPS) is 18.2. The maximum atomic E-state index is 13.2. The molecule has 0 unspecified atom stereocenters. The van der Waals surface area contributed by atoms with Gasteiger partial charge in [-0.2, -0.15) is 0 Å². The van der Waals surface area contributed by atoms with Gasteiger partial charge in [-0.3, -0.25) is 4.79 Å². The molecule has 1 saturated heterocycles. The van der Waals surface area contributed by atoms with Gasteiger partial charge in [0.15, 0.2) is 11.5 Å². The Bertz CT molecular complexity index is 1150. The molecule has 0 saturated carbocycles. The topological polar surface area (TPSA) is 94.2 Å². The van der Waals surface area contributed by atoms with Crippen LogP contribution in [-0.2, 0) is 27.7 Å². The summed E-state index contributed by atoms with van der Waals surface area (Å²) in [6.45, 7) is 1.69. The summed E-state index contributed by atoms with van der Waals surface area (Å²) in [5.74, 6) is 0.990. The van der Waals surface area contributed by atoms with Crippen LogP contribution in [-0.4, -0.2) is 59.2 Å². The van der Waals surface area contributed by atoms with E-state index in [9.17, 15) is 13.2 Å². The molecule has 0 aromatic heterocycles. The second kappa shape index (κ2) is 9.89. The number of nitrogens with one attached hydrogen (secondary N) is 1. The summed E-state index contributed by atoms with van der Waals surface area (Å²) >= 11 is 6.19. The van der Waals surface area contributed by atoms with Crippen molar-refractivity contribution in [3.05, 3.63) is 52.0 Å². The van der Waals surface area contributed by atoms with Crippen LogP contribution in [0.15, 0.2) is 35.2 Å². The van der Waals surface area contributed by atoms with Gasteiger partial charge in [-0.15, -0.1) is 0 Å². The van der Waals surface area contributed by atoms with Crippen LogP contribution in [0.2, 0.25) is 5.02 Å². The summed E-state index contributed by atoms with van der Waals surface area (Å²) in [6.07, 6.45) is 2.23. The first-order valence-electron chi connectivity index (χ1n) is 10.8. The van der Waals surface area contributed by atoms with Gasteiger partial charge in [0, 0.05) is 31.8 Å². The lowest BCUT2D eigenvalue weighted by atomic mass is 9.98. The van der Waals surface area contributed by atoms with Gasteiger partial charge < -0.3 is 19.1 Å². The molecule has 0 aliphatic carbocycles. The highest BCUT2D eigenvalue weighted by Gasteiger charge is 2.27. The monoisotopic (exact) mass is 494 g/mol. The van der Waals surface area contributed by atoms with E-state index in [-0.39, 0.29) is 34.0 Å². The lowest BCUT2D eigenvalue weighted by molar-refractivity contribution is 0.0734. The molecule has 10 heteroatoms. The van der Waals surface area contributed by atoms with Crippen LogP contribution in [0.4, 0.5) is 0 Å². The first kappa shape index (κ1) is 23.8. The van der Waals surface area contributed by atoms with Crippen LogP contribution in [0, 0.1) is 0 Å². The molecule has 8 nitrogen and oxygen atoms in total. The summed E-state index contributed by atoms with van der Waals surface area (Å²) < 4.78 is 44.5. The SMILES string of the molecule is COc1cc2c(cc1OC)CN(C(=O)c1ccc(Cl)c(S(=O)(=O)NC[C@@H]3CCCO3)c1)CC2. The first-order valence-corrected chi connectivity index (χ1v) is 12.6. The van der Waals surface area contributed by atoms with Crippen molar-refractivity contribution < 1.29 is 27.4 Å². The van der Waals surface area contributed by atoms with Crippen LogP contribution in [0.25, 0.3) is 0 Å². The third-order valence-corrected chi connectivity index (χ3v) is 7.90. The Labute approximate surface area is 198 Å². The average molecular weight is 495 g/mol. The number of fused-ring (bicyclic) bond motifs is 1. The van der Waals surface area contributed by atoms with Crippen LogP contribution < -0.4 is 14.2 Å². The number of ether oxygens (including phenoxy) is 3. The number of carbonyl (C=O) groups excluding carboxylic acids is 1. The Hall–Kier alpha value is -2.33. The van der Waals surface area contributed by atoms with Crippen molar-refractivity contribution in [1.29, 1.82) is 0 Å². The minimum atomic E-state index is -3.89. The van der Waals surface area contributed by atoms with Crippen molar-refractivity contribution in [1.82, 2.24) is 9.62 Å². The molecular weight excluding hydrogens is 468 g/mol. The van der Waals surface area contributed by atoms with E-state index in [4.69, 9.17) is 25.8 Å². The summed E-state index contributed by atoms with van der Waals surface area (Å²) in [6, 6.07) is 8.14. The average Bonchev–Trinajstić information content (AvgIpc) is 3.35. The number of rotatable bonds is 7. The highest BCUT2D eigenvalue weighted by Crippen LogP contribution is 2.34. The smallest absolute Gasteiger partial charge is 0.254 e. The zero-order valence-corrected chi connectivity index (χ0v) is 20.2. The minimum absolute atomic E-state index is 0.0622. The quantitative estimate of drug-likeness (QED) is 0.636. The zero-order chi connectivity index (χ0) is 23.6. The molecule has 178 valence electrons. The third kappa shape index (κ3) is 5.11. The van der Waals surface area contributed by atoms with Gasteiger partial charge in [-0.1, -0.05) is 11.6 Å². The molecule has 2 aliphatic heterocycles. The molecule has 1 fully saturated rings. The van der Waals surface area contributed by atoms with E-state index in [1.54, 1.807) is 25.2 Å². The highest BCUT2D eigenvalue weighted by molar-refractivity contribution is 7.89. The van der Waals surface area contributed by atoms with Gasteiger partial charge in [0.2, 0.25) is 10.0 Å². The molecule has 0 radical (unpaired) electrons. The van der Waals surface area contributed by atoms with Gasteiger partial charge in [0.1, 0.15) is 4.90 Å². The van der Waals surface area contributed by atoms with E-state index in [0.717, 1.165) is 24.0 Å². The van der Waals surface area contributed by atoms with Gasteiger partial charge in [0.25, 0.3) is 5.91 Å². The molecule has 0 spiro atoms. The van der Waals surface area contributed by atoms with Gasteiger partial charge in [-0.25, -0.2) is 13.1 Å². The largest absolute Gasteiger partial charge is 0.493 e. The van der Waals surface area contributed by atoms with E-state index >= 15 is 0 Å². The molecule has 0 bridgehead atoms. The number of hydrogen-bond acceptors (Lipinski definition) is 6. The van der Waals surface area contributed by atoms with Crippen molar-refractivity contribution in [2.24, 2.45) is 0 Å². The standard InChI is InChI=1S/C23H27ClN2O6S/c1-30-20-10-15-7-8-26(14-17(15)11-21(20)31-2)23(27)16-5-6-19(24)22(12-16)33(28,29)25-13-18-4-3-9-32-18/h5-6,10-12,18,25H,3-4,7-9,13-14H2,1-2H3/t18-/m0/s1. The number of halogens is 1. The Morgan fingerprint density at radius 3 is 2.58 bits per heavy atom. The van der Waals surface area contributed by atoms with Crippen molar-refractivity contribution in [3.63, 3.8) is 0 Å². The Morgan fingerprint density at radius 2 is 1.91 bits per heavy atom. The number of nitrogens with zero attached hydrogens (tertiary/aromatic N) is 1. The number of amides is 1. The fourth-order valence-corrected chi connectivity index (χ4v) is 5.76. The molecule has 33 heavy (non-hydrogen) atoms. The molecule has 1 amide bonds. The molecule has 2 heterocycles. The number of benzene rings is 2. The Kier molecular flexibility index (Phi) is 7.13. The second-order valence-electron chi connectivity index (χ2n) is 8.08. The minimum Gasteiger partial charge on any atom is -0.493 e. The molecule has 1 N–H and O–H groups in total. The van der Waals surface area contributed by atoms with Crippen molar-refractivity contribution >= 4 is 27.5 Å². The second-order valence-corrected chi connectivity index (χ2v) is 10.2. The predicted molar refractivity (Wildman–Crippen MR) is 124 cm³/mol. The van der Waals surface area contributed by atoms with E-state index in [1.807, 2.05) is 12.1 Å².